The summed E-state index contributed by atoms with van der Waals surface area (Å²) in [6.45, 7) is 4.69. The average molecular weight is 742 g/mol. The lowest BCUT2D eigenvalue weighted by Gasteiger charge is -2.28. The van der Waals surface area contributed by atoms with Gasteiger partial charge in [-0.25, -0.2) is 0 Å². The van der Waals surface area contributed by atoms with Gasteiger partial charge in [-0.15, -0.1) is 0 Å². The van der Waals surface area contributed by atoms with Gasteiger partial charge in [0.2, 0.25) is 0 Å². The Morgan fingerprint density at radius 1 is 0.276 bits per heavy atom. The maximum atomic E-state index is 2.40. The van der Waals surface area contributed by atoms with Crippen molar-refractivity contribution in [1.82, 2.24) is 0 Å². The molecule has 0 unspecified atom stereocenters. The topological polar surface area (TPSA) is 3.24 Å². The van der Waals surface area contributed by atoms with Crippen LogP contribution in [0, 0.1) is 0 Å². The molecule has 9 aromatic rings. The van der Waals surface area contributed by atoms with Crippen LogP contribution in [0.4, 0.5) is 17.1 Å². The third-order valence-corrected chi connectivity index (χ3v) is 11.9. The zero-order chi connectivity index (χ0) is 39.1. The summed E-state index contributed by atoms with van der Waals surface area (Å²) in [6, 6.07) is 81.7. The number of para-hydroxylation sites is 1. The largest absolute Gasteiger partial charge is 0.310 e. The van der Waals surface area contributed by atoms with Crippen LogP contribution in [0.25, 0.3) is 66.8 Å². The number of hydrogen-bond donors (Lipinski definition) is 0. The monoisotopic (exact) mass is 741 g/mol. The van der Waals surface area contributed by atoms with Crippen molar-refractivity contribution in [2.45, 2.75) is 19.3 Å². The van der Waals surface area contributed by atoms with Gasteiger partial charge in [0.1, 0.15) is 0 Å². The van der Waals surface area contributed by atoms with E-state index in [9.17, 15) is 0 Å². The highest BCUT2D eigenvalue weighted by Crippen LogP contribution is 2.51. The second kappa shape index (κ2) is 14.7. The Morgan fingerprint density at radius 3 is 1.28 bits per heavy atom. The predicted molar refractivity (Wildman–Crippen MR) is 246 cm³/mol. The van der Waals surface area contributed by atoms with Crippen LogP contribution in [0.5, 0.6) is 0 Å². The summed E-state index contributed by atoms with van der Waals surface area (Å²) in [6.07, 6.45) is 0. The third kappa shape index (κ3) is 6.32. The van der Waals surface area contributed by atoms with Crippen LogP contribution >= 0.6 is 0 Å². The fraction of sp³-hybridized carbons (Fsp3) is 0.0526. The maximum absolute atomic E-state index is 2.40. The Balaban J connectivity index is 1.03. The van der Waals surface area contributed by atoms with Gasteiger partial charge in [-0.2, -0.15) is 0 Å². The molecule has 1 heteroatoms. The van der Waals surface area contributed by atoms with E-state index < -0.39 is 0 Å². The molecule has 1 nitrogen and oxygen atoms in total. The van der Waals surface area contributed by atoms with E-state index in [0.29, 0.717) is 0 Å². The molecule has 1 aliphatic carbocycles. The molecule has 10 rings (SSSR count). The zero-order valence-corrected chi connectivity index (χ0v) is 32.8. The standard InChI is InChI=1S/C57H43N/c1-57(2)54-26-16-15-25-50(54)51-36-35-49(39-55(51)57)58(47-23-13-6-14-24-47)48-33-31-42(32-34-48)41-27-29-45(30-28-41)56-52(43-19-9-4-10-20-43)37-46(40-17-7-3-8-18-40)38-53(56)44-21-11-5-12-22-44/h3-39H,1-2H3. The van der Waals surface area contributed by atoms with Crippen molar-refractivity contribution < 1.29 is 0 Å². The molecule has 9 aromatic carbocycles. The Bertz CT molecular complexity index is 2800. The first-order chi connectivity index (χ1) is 28.5. The molecule has 0 aliphatic heterocycles. The molecular weight excluding hydrogens is 699 g/mol. The van der Waals surface area contributed by atoms with Gasteiger partial charge in [0.05, 0.1) is 0 Å². The first-order valence-electron chi connectivity index (χ1n) is 20.2. The minimum atomic E-state index is -0.0754. The molecule has 0 saturated carbocycles. The van der Waals surface area contributed by atoms with E-state index in [1.807, 2.05) is 0 Å². The summed E-state index contributed by atoms with van der Waals surface area (Å²) < 4.78 is 0. The number of anilines is 3. The van der Waals surface area contributed by atoms with Gasteiger partial charge in [-0.1, -0.05) is 190 Å². The SMILES string of the molecule is CC1(C)c2ccccc2-c2ccc(N(c3ccccc3)c3ccc(-c4ccc(-c5c(-c6ccccc6)cc(-c6ccccc6)cc5-c5ccccc5)cc4)cc3)cc21. The molecule has 1 aliphatic rings. The van der Waals surface area contributed by atoms with Crippen molar-refractivity contribution in [3.8, 4) is 66.8 Å². The van der Waals surface area contributed by atoms with E-state index in [2.05, 4.69) is 243 Å². The lowest BCUT2D eigenvalue weighted by Crippen LogP contribution is -2.16. The van der Waals surface area contributed by atoms with Gasteiger partial charge in [-0.05, 0) is 126 Å². The quantitative estimate of drug-likeness (QED) is 0.150. The number of benzene rings is 9. The summed E-state index contributed by atoms with van der Waals surface area (Å²) >= 11 is 0. The van der Waals surface area contributed by atoms with Gasteiger partial charge in [0, 0.05) is 22.5 Å². The maximum Gasteiger partial charge on any atom is 0.0465 e. The van der Waals surface area contributed by atoms with Crippen molar-refractivity contribution in [2.75, 3.05) is 4.90 Å². The second-order valence-corrected chi connectivity index (χ2v) is 15.7. The summed E-state index contributed by atoms with van der Waals surface area (Å²) in [4.78, 5) is 2.38. The molecule has 0 radical (unpaired) electrons. The summed E-state index contributed by atoms with van der Waals surface area (Å²) in [5.74, 6) is 0. The molecule has 0 spiro atoms. The predicted octanol–water partition coefficient (Wildman–Crippen LogP) is 15.8. The highest BCUT2D eigenvalue weighted by atomic mass is 15.1. The lowest BCUT2D eigenvalue weighted by atomic mass is 9.82. The molecule has 0 atom stereocenters. The van der Waals surface area contributed by atoms with E-state index in [0.717, 1.165) is 17.1 Å². The van der Waals surface area contributed by atoms with Crippen LogP contribution in [-0.2, 0) is 5.41 Å². The Morgan fingerprint density at radius 2 is 0.690 bits per heavy atom. The van der Waals surface area contributed by atoms with Crippen molar-refractivity contribution >= 4 is 17.1 Å². The molecule has 0 N–H and O–H groups in total. The van der Waals surface area contributed by atoms with E-state index in [-0.39, 0.29) is 5.41 Å². The molecule has 276 valence electrons. The number of hydrogen-bond acceptors (Lipinski definition) is 1. The molecule has 0 saturated heterocycles. The smallest absolute Gasteiger partial charge is 0.0465 e. The lowest BCUT2D eigenvalue weighted by molar-refractivity contribution is 0.660. The Hall–Kier alpha value is -7.22. The Kier molecular flexibility index (Phi) is 8.92. The minimum absolute atomic E-state index is 0.0754. The molecule has 58 heavy (non-hydrogen) atoms. The van der Waals surface area contributed by atoms with Gasteiger partial charge >= 0.3 is 0 Å². The van der Waals surface area contributed by atoms with Gasteiger partial charge in [0.15, 0.2) is 0 Å². The molecule has 0 heterocycles. The van der Waals surface area contributed by atoms with Crippen LogP contribution in [0.1, 0.15) is 25.0 Å². The Labute approximate surface area is 342 Å². The van der Waals surface area contributed by atoms with Crippen LogP contribution in [0.15, 0.2) is 224 Å². The normalized spacial score (nSPS) is 12.4. The fourth-order valence-corrected chi connectivity index (χ4v) is 8.93. The first-order valence-corrected chi connectivity index (χ1v) is 20.2. The van der Waals surface area contributed by atoms with E-state index in [4.69, 9.17) is 0 Å². The van der Waals surface area contributed by atoms with E-state index >= 15 is 0 Å². The molecular formula is C57H43N. The molecule has 0 amide bonds. The third-order valence-electron chi connectivity index (χ3n) is 11.9. The van der Waals surface area contributed by atoms with Crippen LogP contribution < -0.4 is 4.90 Å². The fourth-order valence-electron chi connectivity index (χ4n) is 8.93. The first kappa shape index (κ1) is 35.2. The van der Waals surface area contributed by atoms with Crippen molar-refractivity contribution in [3.05, 3.63) is 236 Å². The highest BCUT2D eigenvalue weighted by molar-refractivity contribution is 5.98. The van der Waals surface area contributed by atoms with E-state index in [1.165, 1.54) is 77.9 Å². The van der Waals surface area contributed by atoms with Crippen LogP contribution in [0.2, 0.25) is 0 Å². The van der Waals surface area contributed by atoms with Crippen LogP contribution in [-0.4, -0.2) is 0 Å². The molecule has 0 aromatic heterocycles. The number of fused-ring (bicyclic) bond motifs is 3. The molecule has 0 fully saturated rings. The van der Waals surface area contributed by atoms with Gasteiger partial charge < -0.3 is 4.90 Å². The van der Waals surface area contributed by atoms with Crippen LogP contribution in [0.3, 0.4) is 0 Å². The van der Waals surface area contributed by atoms with Crippen molar-refractivity contribution in [1.29, 1.82) is 0 Å². The summed E-state index contributed by atoms with van der Waals surface area (Å²) in [5, 5.41) is 0. The number of rotatable bonds is 8. The van der Waals surface area contributed by atoms with Crippen molar-refractivity contribution in [2.24, 2.45) is 0 Å². The van der Waals surface area contributed by atoms with Gasteiger partial charge in [-0.3, -0.25) is 0 Å². The number of nitrogens with zero attached hydrogens (tertiary/aromatic N) is 1. The zero-order valence-electron chi connectivity index (χ0n) is 32.8. The summed E-state index contributed by atoms with van der Waals surface area (Å²) in [5.41, 5.74) is 20.8. The molecule has 0 bridgehead atoms. The van der Waals surface area contributed by atoms with E-state index in [1.54, 1.807) is 0 Å². The average Bonchev–Trinajstić information content (AvgIpc) is 3.53. The second-order valence-electron chi connectivity index (χ2n) is 15.7. The summed E-state index contributed by atoms with van der Waals surface area (Å²) in [7, 11) is 0. The minimum Gasteiger partial charge on any atom is -0.310 e. The van der Waals surface area contributed by atoms with Gasteiger partial charge in [0.25, 0.3) is 0 Å². The van der Waals surface area contributed by atoms with Crippen molar-refractivity contribution in [3.63, 3.8) is 0 Å². The highest BCUT2D eigenvalue weighted by Gasteiger charge is 2.35.